The van der Waals surface area contributed by atoms with Gasteiger partial charge < -0.3 is 5.11 Å². The molecule has 4 amide bonds. The van der Waals surface area contributed by atoms with Gasteiger partial charge in [-0.15, -0.1) is 23.2 Å². The number of fused-ring (bicyclic) bond motifs is 4. The monoisotopic (exact) mass is 715 g/mol. The number of halogens is 3. The summed E-state index contributed by atoms with van der Waals surface area (Å²) in [5.41, 5.74) is 2.76. The summed E-state index contributed by atoms with van der Waals surface area (Å²) >= 11 is 14.9. The lowest BCUT2D eigenvalue weighted by atomic mass is 9.56. The quantitative estimate of drug-likeness (QED) is 0.196. The molecule has 3 heterocycles. The molecule has 3 aromatic rings. The molecule has 0 spiro atoms. The molecule has 11 heteroatoms. The van der Waals surface area contributed by atoms with Crippen molar-refractivity contribution in [2.75, 3.05) is 18.0 Å². The van der Waals surface area contributed by atoms with Gasteiger partial charge in [0.1, 0.15) is 11.6 Å². The Labute approximate surface area is 299 Å². The predicted molar refractivity (Wildman–Crippen MR) is 186 cm³/mol. The Bertz CT molecular complexity index is 1950. The fourth-order valence-corrected chi connectivity index (χ4v) is 10.1. The summed E-state index contributed by atoms with van der Waals surface area (Å²) in [7, 11) is 0. The second kappa shape index (κ2) is 12.0. The third kappa shape index (κ3) is 4.73. The molecule has 2 aliphatic carbocycles. The van der Waals surface area contributed by atoms with Gasteiger partial charge in [0.15, 0.2) is 9.75 Å². The second-order valence-electron chi connectivity index (χ2n) is 14.3. The van der Waals surface area contributed by atoms with E-state index in [1.807, 2.05) is 24.3 Å². The number of likely N-dealkylation sites (tertiary alicyclic amines) is 2. The number of hydrogen-bond acceptors (Lipinski definition) is 6. The van der Waals surface area contributed by atoms with Crippen molar-refractivity contribution in [2.45, 2.75) is 60.9 Å². The summed E-state index contributed by atoms with van der Waals surface area (Å²) in [5, 5.41) is 11.4. The van der Waals surface area contributed by atoms with E-state index in [2.05, 4.69) is 17.0 Å². The molecule has 3 aromatic carbocycles. The molecule has 3 saturated heterocycles. The molecule has 3 aliphatic heterocycles. The first-order valence-electron chi connectivity index (χ1n) is 17.1. The van der Waals surface area contributed by atoms with Crippen LogP contribution in [0, 0.1) is 30.5 Å². The van der Waals surface area contributed by atoms with Gasteiger partial charge in [-0.25, -0.2) is 9.29 Å². The molecular weight excluding hydrogens is 680 g/mol. The maximum atomic E-state index is 14.5. The number of alkyl halides is 2. The number of phenolic OH excluding ortho intramolecular Hbond substituents is 1. The second-order valence-corrected chi connectivity index (χ2v) is 15.5. The lowest BCUT2D eigenvalue weighted by Gasteiger charge is -2.50. The van der Waals surface area contributed by atoms with Crippen molar-refractivity contribution < 1.29 is 28.7 Å². The maximum absolute atomic E-state index is 14.5. The summed E-state index contributed by atoms with van der Waals surface area (Å²) in [4.78, 5) is 58.1. The van der Waals surface area contributed by atoms with Crippen LogP contribution in [0.1, 0.15) is 48.3 Å². The van der Waals surface area contributed by atoms with Crippen molar-refractivity contribution in [3.63, 3.8) is 0 Å². The smallest absolute Gasteiger partial charge is 0.258 e. The fraction of sp³-hybridized carbons (Fsp3) is 0.385. The van der Waals surface area contributed by atoms with E-state index in [9.17, 15) is 28.7 Å². The minimum Gasteiger partial charge on any atom is -0.507 e. The van der Waals surface area contributed by atoms with Crippen molar-refractivity contribution >= 4 is 52.5 Å². The summed E-state index contributed by atoms with van der Waals surface area (Å²) in [6, 6.07) is 19.9. The molecule has 6 atom stereocenters. The first-order chi connectivity index (χ1) is 24.0. The normalized spacial score (nSPS) is 31.5. The van der Waals surface area contributed by atoms with Gasteiger partial charge in [0.2, 0.25) is 11.8 Å². The van der Waals surface area contributed by atoms with Gasteiger partial charge in [-0.05, 0) is 73.9 Å². The number of anilines is 1. The number of para-hydroxylation sites is 1. The van der Waals surface area contributed by atoms with Gasteiger partial charge in [-0.1, -0.05) is 60.2 Å². The number of rotatable bonds is 5. The van der Waals surface area contributed by atoms with Crippen LogP contribution in [-0.4, -0.2) is 67.4 Å². The maximum Gasteiger partial charge on any atom is 0.258 e. The van der Waals surface area contributed by atoms with Crippen molar-refractivity contribution in [3.05, 3.63) is 107 Å². The van der Waals surface area contributed by atoms with E-state index in [0.29, 0.717) is 29.5 Å². The van der Waals surface area contributed by atoms with Gasteiger partial charge in [-0.3, -0.25) is 29.0 Å². The summed E-state index contributed by atoms with van der Waals surface area (Å²) in [6.45, 7) is 3.99. The largest absolute Gasteiger partial charge is 0.507 e. The van der Waals surface area contributed by atoms with Crippen LogP contribution in [0.3, 0.4) is 0 Å². The van der Waals surface area contributed by atoms with Gasteiger partial charge in [-0.2, -0.15) is 0 Å². The molecule has 4 fully saturated rings. The van der Waals surface area contributed by atoms with Crippen LogP contribution in [0.25, 0.3) is 0 Å². The van der Waals surface area contributed by atoms with Gasteiger partial charge in [0.25, 0.3) is 11.8 Å². The molecule has 0 aromatic heterocycles. The number of amides is 4. The zero-order chi connectivity index (χ0) is 35.1. The number of aryl methyl sites for hydroxylation is 1. The fourth-order valence-electron chi connectivity index (χ4n) is 9.22. The Morgan fingerprint density at radius 2 is 1.56 bits per heavy atom. The molecule has 0 bridgehead atoms. The summed E-state index contributed by atoms with van der Waals surface area (Å²) in [5.74, 6) is -6.00. The number of aromatic hydroxyl groups is 1. The SMILES string of the molecule is Cc1cccc([C@H]2C3=CC[C@@H]4C(=O)N(C5CCN(Cc6ccccc6)CC5)C(=O)[C@@H]4[C@@H]3C[C@@]3(Cl)C(=O)N(c4ccc(F)cc4)C(=O)[C@@]23Cl)c1O. The minimum absolute atomic E-state index is 0.0987. The number of phenols is 1. The Balaban J connectivity index is 1.16. The third-order valence-electron chi connectivity index (χ3n) is 11.7. The Morgan fingerprint density at radius 1 is 0.860 bits per heavy atom. The van der Waals surface area contributed by atoms with E-state index >= 15 is 0 Å². The topological polar surface area (TPSA) is 98.2 Å². The molecule has 258 valence electrons. The Kier molecular flexibility index (Phi) is 7.97. The molecule has 1 saturated carbocycles. The number of allylic oxidation sites excluding steroid dienone is 2. The number of hydrogen-bond donors (Lipinski definition) is 1. The van der Waals surface area contributed by atoms with E-state index < -0.39 is 51.1 Å². The van der Waals surface area contributed by atoms with Crippen LogP contribution in [0.2, 0.25) is 0 Å². The molecule has 1 N–H and O–H groups in total. The molecule has 0 unspecified atom stereocenters. The average molecular weight is 717 g/mol. The van der Waals surface area contributed by atoms with Gasteiger partial charge in [0, 0.05) is 37.2 Å². The third-order valence-corrected chi connectivity index (χ3v) is 13.1. The van der Waals surface area contributed by atoms with Crippen molar-refractivity contribution in [2.24, 2.45) is 17.8 Å². The van der Waals surface area contributed by atoms with E-state index in [1.54, 1.807) is 25.1 Å². The number of benzene rings is 3. The van der Waals surface area contributed by atoms with Crippen LogP contribution >= 0.6 is 23.2 Å². The first kappa shape index (κ1) is 33.1. The Morgan fingerprint density at radius 3 is 2.26 bits per heavy atom. The van der Waals surface area contributed by atoms with Crippen LogP contribution in [0.15, 0.2) is 84.4 Å². The van der Waals surface area contributed by atoms with Crippen molar-refractivity contribution in [3.8, 4) is 5.75 Å². The molecule has 50 heavy (non-hydrogen) atoms. The van der Waals surface area contributed by atoms with Gasteiger partial charge in [0.05, 0.1) is 17.5 Å². The number of imide groups is 2. The van der Waals surface area contributed by atoms with Crippen molar-refractivity contribution in [1.29, 1.82) is 0 Å². The van der Waals surface area contributed by atoms with Crippen LogP contribution in [0.4, 0.5) is 10.1 Å². The van der Waals surface area contributed by atoms with Crippen LogP contribution in [0.5, 0.6) is 5.75 Å². The minimum atomic E-state index is -2.10. The lowest BCUT2D eigenvalue weighted by Crippen LogP contribution is -2.60. The zero-order valence-electron chi connectivity index (χ0n) is 27.4. The van der Waals surface area contributed by atoms with Crippen molar-refractivity contribution in [1.82, 2.24) is 9.80 Å². The molecule has 0 radical (unpaired) electrons. The zero-order valence-corrected chi connectivity index (χ0v) is 28.9. The van der Waals surface area contributed by atoms with E-state index in [0.717, 1.165) is 36.7 Å². The van der Waals surface area contributed by atoms with E-state index in [1.165, 1.54) is 22.6 Å². The van der Waals surface area contributed by atoms with Crippen LogP contribution < -0.4 is 4.90 Å². The number of carbonyl (C=O) groups excluding carboxylic acids is 4. The average Bonchev–Trinajstić information content (AvgIpc) is 3.45. The molecule has 8 nitrogen and oxygen atoms in total. The predicted octanol–water partition coefficient (Wildman–Crippen LogP) is 6.07. The van der Waals surface area contributed by atoms with Gasteiger partial charge >= 0.3 is 0 Å². The number of piperidine rings is 1. The van der Waals surface area contributed by atoms with Crippen LogP contribution in [-0.2, 0) is 25.7 Å². The van der Waals surface area contributed by atoms with E-state index in [4.69, 9.17) is 23.2 Å². The molecular formula is C39H36Cl2FN3O5. The highest BCUT2D eigenvalue weighted by Gasteiger charge is 2.77. The standard InChI is InChI=1S/C39H36Cl2FN3O5/c1-22-6-5-9-29(33(22)46)32-27-14-15-28-31(35(48)44(34(28)47)26-16-18-43(19-17-26)21-23-7-3-2-4-8-23)30(27)20-38(40)36(49)45(37(50)39(32,38)41)25-12-10-24(42)11-13-25/h2-14,26,28,30-32,46H,15-21H2,1H3/t28-,30+,31-,32+,38+,39-/m0/s1. The number of nitrogens with zero attached hydrogens (tertiary/aromatic N) is 3. The lowest BCUT2D eigenvalue weighted by molar-refractivity contribution is -0.144. The molecule has 8 rings (SSSR count). The Hall–Kier alpha value is -4.05. The highest BCUT2D eigenvalue weighted by atomic mass is 35.5. The highest BCUT2D eigenvalue weighted by Crippen LogP contribution is 2.66. The first-order valence-corrected chi connectivity index (χ1v) is 17.8. The van der Waals surface area contributed by atoms with E-state index in [-0.39, 0.29) is 42.1 Å². The highest BCUT2D eigenvalue weighted by molar-refractivity contribution is 6.58. The molecule has 5 aliphatic rings. The summed E-state index contributed by atoms with van der Waals surface area (Å²) in [6.07, 6.45) is 3.25. The number of carbonyl (C=O) groups is 4. The summed E-state index contributed by atoms with van der Waals surface area (Å²) < 4.78 is 13.9.